The van der Waals surface area contributed by atoms with E-state index in [4.69, 9.17) is 4.84 Å². The maximum absolute atomic E-state index is 12.2. The SMILES string of the molecule is CON(C)S(=O)(=O)c1cccc(C(=O)NNC(=O)C2CCCCC2)c1. The van der Waals surface area contributed by atoms with E-state index in [9.17, 15) is 18.0 Å². The zero-order chi connectivity index (χ0) is 18.4. The molecule has 0 aromatic heterocycles. The normalized spacial score (nSPS) is 15.8. The van der Waals surface area contributed by atoms with Gasteiger partial charge >= 0.3 is 0 Å². The molecule has 138 valence electrons. The molecule has 0 unspecified atom stereocenters. The molecule has 1 aromatic carbocycles. The molecule has 2 amide bonds. The third-order valence-corrected chi connectivity index (χ3v) is 5.94. The van der Waals surface area contributed by atoms with E-state index in [0.717, 1.165) is 32.1 Å². The highest BCUT2D eigenvalue weighted by molar-refractivity contribution is 7.89. The number of amides is 2. The first-order valence-corrected chi connectivity index (χ1v) is 9.53. The fraction of sp³-hybridized carbons (Fsp3) is 0.500. The van der Waals surface area contributed by atoms with Crippen molar-refractivity contribution in [2.45, 2.75) is 37.0 Å². The molecular formula is C16H23N3O5S. The third kappa shape index (κ3) is 4.77. The van der Waals surface area contributed by atoms with Gasteiger partial charge in [-0.25, -0.2) is 8.42 Å². The number of carbonyl (C=O) groups is 2. The van der Waals surface area contributed by atoms with Gasteiger partial charge in [0, 0.05) is 18.5 Å². The molecule has 1 saturated carbocycles. The molecular weight excluding hydrogens is 346 g/mol. The summed E-state index contributed by atoms with van der Waals surface area (Å²) in [6.45, 7) is 0. The summed E-state index contributed by atoms with van der Waals surface area (Å²) in [6.07, 6.45) is 4.79. The molecule has 0 atom stereocenters. The standard InChI is InChI=1S/C16H23N3O5S/c1-19(24-2)25(22,23)14-10-6-9-13(11-14)16(21)18-17-15(20)12-7-4-3-5-8-12/h6,9-12H,3-5,7-8H2,1-2H3,(H,17,20)(H,18,21). The number of benzene rings is 1. The van der Waals surface area contributed by atoms with Gasteiger partial charge in [-0.05, 0) is 31.0 Å². The van der Waals surface area contributed by atoms with Crippen LogP contribution in [0.2, 0.25) is 0 Å². The zero-order valence-corrected chi connectivity index (χ0v) is 15.1. The summed E-state index contributed by atoms with van der Waals surface area (Å²) in [5.41, 5.74) is 4.88. The van der Waals surface area contributed by atoms with Crippen LogP contribution in [0.15, 0.2) is 29.2 Å². The maximum atomic E-state index is 12.2. The molecule has 2 N–H and O–H groups in total. The van der Waals surface area contributed by atoms with Gasteiger partial charge in [0.15, 0.2) is 0 Å². The third-order valence-electron chi connectivity index (χ3n) is 4.26. The van der Waals surface area contributed by atoms with Gasteiger partial charge in [0.25, 0.3) is 15.9 Å². The van der Waals surface area contributed by atoms with Gasteiger partial charge in [-0.2, -0.15) is 0 Å². The van der Waals surface area contributed by atoms with Crippen molar-refractivity contribution in [1.82, 2.24) is 15.3 Å². The fourth-order valence-electron chi connectivity index (χ4n) is 2.70. The minimum atomic E-state index is -3.85. The van der Waals surface area contributed by atoms with Gasteiger partial charge in [0.2, 0.25) is 5.91 Å². The minimum Gasteiger partial charge on any atom is -0.288 e. The largest absolute Gasteiger partial charge is 0.288 e. The monoisotopic (exact) mass is 369 g/mol. The van der Waals surface area contributed by atoms with Crippen molar-refractivity contribution >= 4 is 21.8 Å². The molecule has 1 aromatic rings. The molecule has 0 saturated heterocycles. The molecule has 1 fully saturated rings. The molecule has 0 spiro atoms. The van der Waals surface area contributed by atoms with Crippen LogP contribution in [0, 0.1) is 5.92 Å². The van der Waals surface area contributed by atoms with Crippen molar-refractivity contribution in [3.05, 3.63) is 29.8 Å². The summed E-state index contributed by atoms with van der Waals surface area (Å²) in [5, 5.41) is 0. The summed E-state index contributed by atoms with van der Waals surface area (Å²) in [7, 11) is -1.36. The average molecular weight is 369 g/mol. The van der Waals surface area contributed by atoms with Gasteiger partial charge in [-0.15, -0.1) is 0 Å². The first-order valence-electron chi connectivity index (χ1n) is 8.09. The molecule has 0 heterocycles. The molecule has 0 radical (unpaired) electrons. The molecule has 1 aliphatic carbocycles. The Morgan fingerprint density at radius 2 is 1.84 bits per heavy atom. The van der Waals surface area contributed by atoms with Gasteiger partial charge in [-0.3, -0.25) is 25.3 Å². The summed E-state index contributed by atoms with van der Waals surface area (Å²) < 4.78 is 25.1. The zero-order valence-electron chi connectivity index (χ0n) is 14.3. The van der Waals surface area contributed by atoms with Gasteiger partial charge < -0.3 is 0 Å². The smallest absolute Gasteiger partial charge is 0.269 e. The van der Waals surface area contributed by atoms with Crippen molar-refractivity contribution in [1.29, 1.82) is 0 Å². The van der Waals surface area contributed by atoms with Crippen LogP contribution in [0.4, 0.5) is 0 Å². The van der Waals surface area contributed by atoms with Crippen molar-refractivity contribution in [2.24, 2.45) is 5.92 Å². The predicted molar refractivity (Wildman–Crippen MR) is 90.6 cm³/mol. The first kappa shape index (κ1) is 19.4. The molecule has 25 heavy (non-hydrogen) atoms. The molecule has 0 aliphatic heterocycles. The second-order valence-corrected chi connectivity index (χ2v) is 7.84. The number of carbonyl (C=O) groups excluding carboxylic acids is 2. The van der Waals surface area contributed by atoms with Crippen molar-refractivity contribution in [3.8, 4) is 0 Å². The number of sulfonamides is 1. The number of hydrazine groups is 1. The number of rotatable bonds is 5. The second-order valence-electron chi connectivity index (χ2n) is 5.90. The van der Waals surface area contributed by atoms with E-state index in [2.05, 4.69) is 10.9 Å². The summed E-state index contributed by atoms with van der Waals surface area (Å²) in [5.74, 6) is -0.881. The quantitative estimate of drug-likeness (QED) is 0.759. The van der Waals surface area contributed by atoms with Crippen LogP contribution in [0.3, 0.4) is 0 Å². The Morgan fingerprint density at radius 3 is 2.48 bits per heavy atom. The van der Waals surface area contributed by atoms with Crippen LogP contribution < -0.4 is 10.9 Å². The van der Waals surface area contributed by atoms with Crippen LogP contribution >= 0.6 is 0 Å². The number of hydrogen-bond acceptors (Lipinski definition) is 5. The Bertz CT molecular complexity index is 729. The lowest BCUT2D eigenvalue weighted by Crippen LogP contribution is -2.45. The molecule has 0 bridgehead atoms. The highest BCUT2D eigenvalue weighted by Gasteiger charge is 2.23. The van der Waals surface area contributed by atoms with Gasteiger partial charge in [0.05, 0.1) is 12.0 Å². The average Bonchev–Trinajstić information content (AvgIpc) is 2.65. The molecule has 9 heteroatoms. The van der Waals surface area contributed by atoms with E-state index in [0.29, 0.717) is 4.47 Å². The van der Waals surface area contributed by atoms with Crippen LogP contribution in [0.1, 0.15) is 42.5 Å². The number of nitrogens with zero attached hydrogens (tertiary/aromatic N) is 1. The summed E-state index contributed by atoms with van der Waals surface area (Å²) in [4.78, 5) is 28.9. The maximum Gasteiger partial charge on any atom is 0.269 e. The highest BCUT2D eigenvalue weighted by atomic mass is 32.2. The lowest BCUT2D eigenvalue weighted by Gasteiger charge is -2.20. The van der Waals surface area contributed by atoms with E-state index < -0.39 is 15.9 Å². The van der Waals surface area contributed by atoms with Gasteiger partial charge in [-0.1, -0.05) is 29.8 Å². The molecule has 1 aliphatic rings. The lowest BCUT2D eigenvalue weighted by atomic mass is 9.89. The summed E-state index contributed by atoms with van der Waals surface area (Å²) >= 11 is 0. The Balaban J connectivity index is 2.02. The highest BCUT2D eigenvalue weighted by Crippen LogP contribution is 2.23. The molecule has 2 rings (SSSR count). The first-order chi connectivity index (χ1) is 11.9. The van der Waals surface area contributed by atoms with Crippen molar-refractivity contribution in [3.63, 3.8) is 0 Å². The van der Waals surface area contributed by atoms with E-state index in [1.54, 1.807) is 0 Å². The topological polar surface area (TPSA) is 105 Å². The second kappa shape index (κ2) is 8.41. The predicted octanol–water partition coefficient (Wildman–Crippen LogP) is 1.21. The summed E-state index contributed by atoms with van der Waals surface area (Å²) in [6, 6.07) is 5.51. The van der Waals surface area contributed by atoms with E-state index in [-0.39, 0.29) is 22.3 Å². The van der Waals surface area contributed by atoms with Crippen LogP contribution in [0.25, 0.3) is 0 Å². The lowest BCUT2D eigenvalue weighted by molar-refractivity contribution is -0.126. The fourth-order valence-corrected chi connectivity index (χ4v) is 3.72. The van der Waals surface area contributed by atoms with Crippen molar-refractivity contribution < 1.29 is 22.8 Å². The van der Waals surface area contributed by atoms with E-state index in [1.807, 2.05) is 0 Å². The van der Waals surface area contributed by atoms with E-state index >= 15 is 0 Å². The number of hydroxylamine groups is 1. The van der Waals surface area contributed by atoms with Crippen LogP contribution in [-0.4, -0.2) is 38.9 Å². The Hall–Kier alpha value is -1.97. The van der Waals surface area contributed by atoms with Crippen LogP contribution in [-0.2, 0) is 19.7 Å². The van der Waals surface area contributed by atoms with E-state index in [1.165, 1.54) is 38.4 Å². The Kier molecular flexibility index (Phi) is 6.51. The number of hydrogen-bond donors (Lipinski definition) is 2. The Labute approximate surface area is 147 Å². The van der Waals surface area contributed by atoms with Crippen LogP contribution in [0.5, 0.6) is 0 Å². The molecule has 8 nitrogen and oxygen atoms in total. The van der Waals surface area contributed by atoms with Crippen molar-refractivity contribution in [2.75, 3.05) is 14.2 Å². The minimum absolute atomic E-state index is 0.0805. The van der Waals surface area contributed by atoms with Gasteiger partial charge in [0.1, 0.15) is 0 Å². The number of nitrogens with one attached hydrogen (secondary N) is 2. The Morgan fingerprint density at radius 1 is 1.16 bits per heavy atom.